The quantitative estimate of drug-likeness (QED) is 0.168. The predicted octanol–water partition coefficient (Wildman–Crippen LogP) is 17.1. The second-order valence-electron chi connectivity index (χ2n) is 15.9. The summed E-state index contributed by atoms with van der Waals surface area (Å²) < 4.78 is 5.09. The number of nitrogens with zero attached hydrogens (tertiary/aromatic N) is 1. The lowest BCUT2D eigenvalue weighted by Gasteiger charge is -2.12. The number of aryl methyl sites for hydroxylation is 3. The van der Waals surface area contributed by atoms with Gasteiger partial charge in [-0.3, -0.25) is 0 Å². The van der Waals surface area contributed by atoms with E-state index < -0.39 is 0 Å². The molecule has 0 aliphatic carbocycles. The Morgan fingerprint density at radius 1 is 0.328 bits per heavy atom. The van der Waals surface area contributed by atoms with Gasteiger partial charge in [0, 0.05) is 36.6 Å². The maximum absolute atomic E-state index is 2.44. The zero-order valence-electron chi connectivity index (χ0n) is 34.6. The van der Waals surface area contributed by atoms with Crippen LogP contribution in [0.4, 0.5) is 0 Å². The molecule has 0 atom stereocenters. The van der Waals surface area contributed by atoms with Crippen LogP contribution in [0.1, 0.15) is 16.7 Å². The molecule has 61 heavy (non-hydrogen) atoms. The number of thiophene rings is 1. The first-order chi connectivity index (χ1) is 30.0. The molecule has 0 unspecified atom stereocenters. The molecule has 0 aliphatic heterocycles. The van der Waals surface area contributed by atoms with Gasteiger partial charge in [0.1, 0.15) is 0 Å². The van der Waals surface area contributed by atoms with Crippen molar-refractivity contribution in [3.8, 4) is 27.9 Å². The number of para-hydroxylation sites is 1. The van der Waals surface area contributed by atoms with E-state index in [1.54, 1.807) is 0 Å². The predicted molar refractivity (Wildman–Crippen MR) is 267 cm³/mol. The topological polar surface area (TPSA) is 4.93 Å². The fourth-order valence-corrected chi connectivity index (χ4v) is 9.82. The summed E-state index contributed by atoms with van der Waals surface area (Å²) in [6.07, 6.45) is 0. The van der Waals surface area contributed by atoms with Crippen molar-refractivity contribution in [2.75, 3.05) is 0 Å². The van der Waals surface area contributed by atoms with Gasteiger partial charge in [-0.1, -0.05) is 199 Å². The van der Waals surface area contributed by atoms with Crippen LogP contribution in [0.15, 0.2) is 218 Å². The summed E-state index contributed by atoms with van der Waals surface area (Å²) in [6, 6.07) is 78.7. The van der Waals surface area contributed by atoms with E-state index in [1.165, 1.54) is 108 Å². The minimum atomic E-state index is 1.20. The molecule has 0 fully saturated rings. The highest BCUT2D eigenvalue weighted by Gasteiger charge is 2.16. The molecule has 0 radical (unpaired) electrons. The Bertz CT molecular complexity index is 3500. The molecule has 0 saturated heterocycles. The fraction of sp³-hybridized carbons (Fsp3) is 0.0508. The van der Waals surface area contributed by atoms with Gasteiger partial charge >= 0.3 is 0 Å². The first-order valence-corrected chi connectivity index (χ1v) is 21.8. The number of hydrogen-bond acceptors (Lipinski definition) is 1. The Kier molecular flexibility index (Phi) is 10.2. The highest BCUT2D eigenvalue weighted by atomic mass is 32.1. The van der Waals surface area contributed by atoms with Gasteiger partial charge in [0.2, 0.25) is 0 Å². The third-order valence-corrected chi connectivity index (χ3v) is 12.9. The lowest BCUT2D eigenvalue weighted by molar-refractivity contribution is 1.19. The first-order valence-electron chi connectivity index (χ1n) is 21.0. The van der Waals surface area contributed by atoms with E-state index in [0.717, 1.165) is 0 Å². The van der Waals surface area contributed by atoms with Crippen molar-refractivity contribution in [3.05, 3.63) is 235 Å². The van der Waals surface area contributed by atoms with Gasteiger partial charge in [0.05, 0.1) is 11.0 Å². The van der Waals surface area contributed by atoms with E-state index in [2.05, 4.69) is 244 Å². The van der Waals surface area contributed by atoms with Crippen molar-refractivity contribution < 1.29 is 0 Å². The molecule has 12 rings (SSSR count). The molecular formula is C59H45NS. The second kappa shape index (κ2) is 16.4. The van der Waals surface area contributed by atoms with Gasteiger partial charge in [0.25, 0.3) is 0 Å². The molecule has 2 aromatic heterocycles. The van der Waals surface area contributed by atoms with Crippen LogP contribution in [-0.4, -0.2) is 4.57 Å². The molecule has 12 aromatic rings. The summed E-state index contributed by atoms with van der Waals surface area (Å²) in [5.41, 5.74) is 12.6. The van der Waals surface area contributed by atoms with Crippen LogP contribution < -0.4 is 0 Å². The minimum absolute atomic E-state index is 1.20. The normalized spacial score (nSPS) is 11.2. The average Bonchev–Trinajstić information content (AvgIpc) is 3.85. The van der Waals surface area contributed by atoms with E-state index in [9.17, 15) is 0 Å². The van der Waals surface area contributed by atoms with Crippen LogP contribution >= 0.6 is 11.3 Å². The lowest BCUT2D eigenvalue weighted by Crippen LogP contribution is -1.94. The Morgan fingerprint density at radius 3 is 1.70 bits per heavy atom. The molecular weight excluding hydrogens is 755 g/mol. The molecule has 10 aromatic carbocycles. The molecule has 0 N–H and O–H groups in total. The molecule has 0 aliphatic rings. The van der Waals surface area contributed by atoms with Crippen LogP contribution in [0.25, 0.3) is 91.5 Å². The van der Waals surface area contributed by atoms with E-state index in [-0.39, 0.29) is 0 Å². The van der Waals surface area contributed by atoms with Crippen LogP contribution in [0.2, 0.25) is 0 Å². The first kappa shape index (κ1) is 38.0. The lowest BCUT2D eigenvalue weighted by atomic mass is 9.93. The summed E-state index contributed by atoms with van der Waals surface area (Å²) in [7, 11) is 0. The molecule has 0 saturated carbocycles. The molecule has 0 amide bonds. The van der Waals surface area contributed by atoms with Crippen molar-refractivity contribution >= 4 is 74.9 Å². The van der Waals surface area contributed by atoms with Crippen molar-refractivity contribution in [1.82, 2.24) is 4.57 Å². The summed E-state index contributed by atoms with van der Waals surface area (Å²) in [5, 5.41) is 10.5. The van der Waals surface area contributed by atoms with Gasteiger partial charge < -0.3 is 4.57 Å². The monoisotopic (exact) mass is 799 g/mol. The highest BCUT2D eigenvalue weighted by molar-refractivity contribution is 7.25. The SMILES string of the molecule is Cc1ccc(-c2ccccc2-c2ccc3c4ccccc4n(-c4ccc5c(c4)sc4ccccc45)c3c2)cc1.Cc1ccc2ccccc2c1.Cc1cccc2ccccc12. The van der Waals surface area contributed by atoms with Gasteiger partial charge in [-0.15, -0.1) is 11.3 Å². The third-order valence-electron chi connectivity index (χ3n) is 11.8. The zero-order chi connectivity index (χ0) is 41.3. The van der Waals surface area contributed by atoms with Gasteiger partial charge in [-0.05, 0) is 100 Å². The number of benzene rings is 10. The highest BCUT2D eigenvalue weighted by Crippen LogP contribution is 2.40. The number of hydrogen-bond donors (Lipinski definition) is 0. The minimum Gasteiger partial charge on any atom is -0.309 e. The molecule has 0 bridgehead atoms. The number of fused-ring (bicyclic) bond motifs is 8. The Morgan fingerprint density at radius 2 is 0.902 bits per heavy atom. The molecule has 0 spiro atoms. The van der Waals surface area contributed by atoms with Crippen LogP contribution in [0.5, 0.6) is 0 Å². The average molecular weight is 800 g/mol. The molecule has 1 nitrogen and oxygen atoms in total. The number of aromatic nitrogens is 1. The second-order valence-corrected chi connectivity index (χ2v) is 17.0. The van der Waals surface area contributed by atoms with E-state index in [4.69, 9.17) is 0 Å². The van der Waals surface area contributed by atoms with E-state index in [1.807, 2.05) is 11.3 Å². The molecule has 2 heterocycles. The third kappa shape index (κ3) is 7.48. The maximum atomic E-state index is 2.44. The standard InChI is InChI=1S/C37H25NS.2C11H10/c1-24-14-16-25(17-15-24)28-8-2-3-9-29(28)26-18-20-31-30-10-4-6-12-34(30)38(35(31)22-26)27-19-21-33-32-11-5-7-13-36(32)39-37(33)23-27;1-9-5-4-7-10-6-2-3-8-11(9)10;1-9-6-7-10-4-2-3-5-11(10)8-9/h2-23H,1H3;2*2-8H,1H3. The smallest absolute Gasteiger partial charge is 0.0547 e. The van der Waals surface area contributed by atoms with Gasteiger partial charge in [-0.2, -0.15) is 0 Å². The maximum Gasteiger partial charge on any atom is 0.0547 e. The fourth-order valence-electron chi connectivity index (χ4n) is 8.69. The Balaban J connectivity index is 0.000000164. The van der Waals surface area contributed by atoms with Crippen molar-refractivity contribution in [3.63, 3.8) is 0 Å². The Hall–Kier alpha value is -7.26. The number of rotatable bonds is 3. The van der Waals surface area contributed by atoms with Crippen LogP contribution in [0, 0.1) is 20.8 Å². The van der Waals surface area contributed by atoms with E-state index >= 15 is 0 Å². The van der Waals surface area contributed by atoms with Gasteiger partial charge in [-0.25, -0.2) is 0 Å². The van der Waals surface area contributed by atoms with Crippen LogP contribution in [-0.2, 0) is 0 Å². The molecule has 2 heteroatoms. The molecule has 292 valence electrons. The van der Waals surface area contributed by atoms with Gasteiger partial charge in [0.15, 0.2) is 0 Å². The zero-order valence-corrected chi connectivity index (χ0v) is 35.5. The summed E-state index contributed by atoms with van der Waals surface area (Å²) in [4.78, 5) is 0. The van der Waals surface area contributed by atoms with Crippen LogP contribution in [0.3, 0.4) is 0 Å². The van der Waals surface area contributed by atoms with Crippen molar-refractivity contribution in [2.24, 2.45) is 0 Å². The van der Waals surface area contributed by atoms with E-state index in [0.29, 0.717) is 0 Å². The summed E-state index contributed by atoms with van der Waals surface area (Å²) in [5.74, 6) is 0. The van der Waals surface area contributed by atoms with Crippen molar-refractivity contribution in [1.29, 1.82) is 0 Å². The summed E-state index contributed by atoms with van der Waals surface area (Å²) >= 11 is 1.87. The van der Waals surface area contributed by atoms with Crippen molar-refractivity contribution in [2.45, 2.75) is 20.8 Å². The largest absolute Gasteiger partial charge is 0.309 e. The Labute approximate surface area is 361 Å². The summed E-state index contributed by atoms with van der Waals surface area (Å²) in [6.45, 7) is 6.40.